The number of benzene rings is 1. The smallest absolute Gasteiger partial charge is 0.164 e. The summed E-state index contributed by atoms with van der Waals surface area (Å²) >= 11 is 1.34. The Morgan fingerprint density at radius 3 is 2.79 bits per heavy atom. The van der Waals surface area contributed by atoms with Crippen molar-refractivity contribution in [3.8, 4) is 0 Å². The predicted octanol–water partition coefficient (Wildman–Crippen LogP) is 4.35. The second-order valence-electron chi connectivity index (χ2n) is 4.56. The van der Waals surface area contributed by atoms with E-state index in [0.29, 0.717) is 5.56 Å². The lowest BCUT2D eigenvalue weighted by Crippen LogP contribution is -2.00. The van der Waals surface area contributed by atoms with Crippen molar-refractivity contribution in [3.05, 3.63) is 41.1 Å². The maximum Gasteiger partial charge on any atom is 0.164 e. The highest BCUT2D eigenvalue weighted by Gasteiger charge is 2.15. The fourth-order valence-corrected chi connectivity index (χ4v) is 2.98. The van der Waals surface area contributed by atoms with Gasteiger partial charge in [-0.2, -0.15) is 4.37 Å². The summed E-state index contributed by atoms with van der Waals surface area (Å²) in [5, 5.41) is 4.20. The van der Waals surface area contributed by atoms with Gasteiger partial charge in [0, 0.05) is 5.69 Å². The zero-order valence-corrected chi connectivity index (χ0v) is 12.3. The highest BCUT2D eigenvalue weighted by Crippen LogP contribution is 2.30. The average molecular weight is 274 g/mol. The van der Waals surface area contributed by atoms with Crippen molar-refractivity contribution in [2.24, 2.45) is 0 Å². The molecule has 100 valence electrons. The van der Waals surface area contributed by atoms with E-state index in [1.54, 1.807) is 6.92 Å². The van der Waals surface area contributed by atoms with Crippen LogP contribution in [0.4, 0.5) is 10.7 Å². The van der Waals surface area contributed by atoms with Gasteiger partial charge in [0.1, 0.15) is 5.00 Å². The molecular weight excluding hydrogens is 256 g/mol. The van der Waals surface area contributed by atoms with E-state index in [0.717, 1.165) is 29.2 Å². The van der Waals surface area contributed by atoms with Gasteiger partial charge in [0.25, 0.3) is 0 Å². The molecule has 19 heavy (non-hydrogen) atoms. The van der Waals surface area contributed by atoms with Crippen LogP contribution in [-0.2, 0) is 6.42 Å². The van der Waals surface area contributed by atoms with E-state index in [9.17, 15) is 4.79 Å². The standard InChI is InChI=1S/C15H18N2OS/c1-4-7-12-8-5-6-9-13(12)16-15-14(11(3)18)10(2)17-19-15/h5-6,8-9,16H,4,7H2,1-3H3. The van der Waals surface area contributed by atoms with Crippen molar-refractivity contribution >= 4 is 28.0 Å². The van der Waals surface area contributed by atoms with E-state index in [1.165, 1.54) is 17.1 Å². The van der Waals surface area contributed by atoms with Gasteiger partial charge in [0.2, 0.25) is 0 Å². The van der Waals surface area contributed by atoms with Gasteiger partial charge in [-0.25, -0.2) is 0 Å². The Balaban J connectivity index is 2.34. The number of carbonyl (C=O) groups is 1. The van der Waals surface area contributed by atoms with Crippen LogP contribution in [0.1, 0.15) is 41.9 Å². The minimum atomic E-state index is 0.0572. The van der Waals surface area contributed by atoms with E-state index < -0.39 is 0 Å². The lowest BCUT2D eigenvalue weighted by molar-refractivity contribution is 0.101. The molecule has 3 nitrogen and oxygen atoms in total. The van der Waals surface area contributed by atoms with Crippen molar-refractivity contribution < 1.29 is 4.79 Å². The molecule has 0 bridgehead atoms. The third-order valence-electron chi connectivity index (χ3n) is 3.00. The summed E-state index contributed by atoms with van der Waals surface area (Å²) in [6.45, 7) is 5.62. The molecule has 0 saturated carbocycles. The van der Waals surface area contributed by atoms with Gasteiger partial charge in [-0.05, 0) is 43.4 Å². The molecule has 0 aliphatic rings. The Morgan fingerprint density at radius 2 is 2.11 bits per heavy atom. The number of hydrogen-bond donors (Lipinski definition) is 1. The van der Waals surface area contributed by atoms with Crippen LogP contribution in [0.15, 0.2) is 24.3 Å². The van der Waals surface area contributed by atoms with Crippen LogP contribution < -0.4 is 5.32 Å². The Hall–Kier alpha value is -1.68. The first-order chi connectivity index (χ1) is 9.13. The fraction of sp³-hybridized carbons (Fsp3) is 0.333. The molecule has 0 saturated heterocycles. The summed E-state index contributed by atoms with van der Waals surface area (Å²) in [5.41, 5.74) is 3.84. The molecular formula is C15H18N2OS. The minimum absolute atomic E-state index is 0.0572. The first-order valence-corrected chi connectivity index (χ1v) is 7.23. The fourth-order valence-electron chi connectivity index (χ4n) is 2.12. The van der Waals surface area contributed by atoms with Gasteiger partial charge in [-0.3, -0.25) is 4.79 Å². The van der Waals surface area contributed by atoms with Gasteiger partial charge < -0.3 is 5.32 Å². The van der Waals surface area contributed by atoms with E-state index >= 15 is 0 Å². The topological polar surface area (TPSA) is 42.0 Å². The molecule has 4 heteroatoms. The second kappa shape index (κ2) is 5.97. The first kappa shape index (κ1) is 13.7. The number of ketones is 1. The van der Waals surface area contributed by atoms with Crippen molar-refractivity contribution in [2.45, 2.75) is 33.6 Å². The van der Waals surface area contributed by atoms with E-state index in [4.69, 9.17) is 0 Å². The van der Waals surface area contributed by atoms with Crippen LogP contribution in [0.25, 0.3) is 0 Å². The van der Waals surface area contributed by atoms with Gasteiger partial charge >= 0.3 is 0 Å². The number of nitrogens with zero attached hydrogens (tertiary/aromatic N) is 1. The third kappa shape index (κ3) is 3.01. The molecule has 2 rings (SSSR count). The van der Waals surface area contributed by atoms with E-state index in [1.807, 2.05) is 25.1 Å². The quantitative estimate of drug-likeness (QED) is 0.824. The van der Waals surface area contributed by atoms with Crippen LogP contribution in [0.3, 0.4) is 0 Å². The summed E-state index contributed by atoms with van der Waals surface area (Å²) < 4.78 is 4.27. The molecule has 1 heterocycles. The minimum Gasteiger partial charge on any atom is -0.345 e. The molecule has 1 aromatic heterocycles. The third-order valence-corrected chi connectivity index (χ3v) is 3.85. The van der Waals surface area contributed by atoms with Crippen molar-refractivity contribution in [1.29, 1.82) is 0 Å². The van der Waals surface area contributed by atoms with Crippen LogP contribution in [0, 0.1) is 6.92 Å². The number of anilines is 2. The normalized spacial score (nSPS) is 10.5. The molecule has 0 unspecified atom stereocenters. The maximum absolute atomic E-state index is 11.7. The first-order valence-electron chi connectivity index (χ1n) is 6.45. The summed E-state index contributed by atoms with van der Waals surface area (Å²) in [6.07, 6.45) is 2.12. The zero-order chi connectivity index (χ0) is 13.8. The molecule has 1 N–H and O–H groups in total. The maximum atomic E-state index is 11.7. The Morgan fingerprint density at radius 1 is 1.37 bits per heavy atom. The van der Waals surface area contributed by atoms with Gasteiger partial charge in [0.05, 0.1) is 11.3 Å². The number of Topliss-reactive ketones (excluding diaryl/α,β-unsaturated/α-hetero) is 1. The number of aryl methyl sites for hydroxylation is 2. The molecule has 1 aromatic carbocycles. The molecule has 0 fully saturated rings. The highest BCUT2D eigenvalue weighted by molar-refractivity contribution is 7.10. The van der Waals surface area contributed by atoms with Crippen LogP contribution in [0.5, 0.6) is 0 Å². The van der Waals surface area contributed by atoms with Crippen molar-refractivity contribution in [1.82, 2.24) is 4.37 Å². The Labute approximate surface area is 117 Å². The van der Waals surface area contributed by atoms with E-state index in [-0.39, 0.29) is 5.78 Å². The monoisotopic (exact) mass is 274 g/mol. The van der Waals surface area contributed by atoms with Crippen LogP contribution in [-0.4, -0.2) is 10.2 Å². The summed E-state index contributed by atoms with van der Waals surface area (Å²) in [5.74, 6) is 0.0572. The summed E-state index contributed by atoms with van der Waals surface area (Å²) in [6, 6.07) is 8.21. The number of carbonyl (C=O) groups excluding carboxylic acids is 1. The predicted molar refractivity (Wildman–Crippen MR) is 80.6 cm³/mol. The molecule has 0 radical (unpaired) electrons. The molecule has 0 amide bonds. The largest absolute Gasteiger partial charge is 0.345 e. The zero-order valence-electron chi connectivity index (χ0n) is 11.5. The number of rotatable bonds is 5. The molecule has 2 aromatic rings. The number of nitrogens with one attached hydrogen (secondary N) is 1. The molecule has 0 atom stereocenters. The Kier molecular flexibility index (Phi) is 4.32. The van der Waals surface area contributed by atoms with Crippen molar-refractivity contribution in [2.75, 3.05) is 5.32 Å². The van der Waals surface area contributed by atoms with Crippen molar-refractivity contribution in [3.63, 3.8) is 0 Å². The Bertz CT molecular complexity index is 590. The summed E-state index contributed by atoms with van der Waals surface area (Å²) in [4.78, 5) is 11.7. The molecule has 0 spiro atoms. The molecule has 0 aliphatic carbocycles. The average Bonchev–Trinajstić information content (AvgIpc) is 2.73. The molecule has 0 aliphatic heterocycles. The summed E-state index contributed by atoms with van der Waals surface area (Å²) in [7, 11) is 0. The number of hydrogen-bond acceptors (Lipinski definition) is 4. The SMILES string of the molecule is CCCc1ccccc1Nc1snc(C)c1C(C)=O. The highest BCUT2D eigenvalue weighted by atomic mass is 32.1. The van der Waals surface area contributed by atoms with Crippen LogP contribution in [0.2, 0.25) is 0 Å². The second-order valence-corrected chi connectivity index (χ2v) is 5.33. The van der Waals surface area contributed by atoms with Gasteiger partial charge in [-0.1, -0.05) is 31.5 Å². The lowest BCUT2D eigenvalue weighted by atomic mass is 10.1. The van der Waals surface area contributed by atoms with Gasteiger partial charge in [-0.15, -0.1) is 0 Å². The number of para-hydroxylation sites is 1. The van der Waals surface area contributed by atoms with Gasteiger partial charge in [0.15, 0.2) is 5.78 Å². The van der Waals surface area contributed by atoms with E-state index in [2.05, 4.69) is 22.7 Å². The number of aromatic nitrogens is 1. The van der Waals surface area contributed by atoms with Crippen LogP contribution >= 0.6 is 11.5 Å². The lowest BCUT2D eigenvalue weighted by Gasteiger charge is -2.10.